The van der Waals surface area contributed by atoms with Gasteiger partial charge in [0.15, 0.2) is 19.3 Å². The number of hydrogen-bond donors (Lipinski definition) is 1. The van der Waals surface area contributed by atoms with Crippen LogP contribution in [0, 0.1) is 6.92 Å². The Bertz CT molecular complexity index is 1160. The van der Waals surface area contributed by atoms with Crippen molar-refractivity contribution in [1.29, 1.82) is 0 Å². The summed E-state index contributed by atoms with van der Waals surface area (Å²) in [6.07, 6.45) is 17.9. The second-order valence-electron chi connectivity index (χ2n) is 10.5. The number of halogens is 2. The van der Waals surface area contributed by atoms with E-state index in [0.29, 0.717) is 23.9 Å². The van der Waals surface area contributed by atoms with Gasteiger partial charge >= 0.3 is 0 Å². The lowest BCUT2D eigenvalue weighted by Crippen LogP contribution is -3.00. The smallest absolute Gasteiger partial charge is 0.262 e. The molecule has 0 saturated carbocycles. The number of carbonyl (C=O) groups excluding carboxylic acids is 1. The molecule has 1 aromatic heterocycles. The van der Waals surface area contributed by atoms with Gasteiger partial charge in [-0.15, -0.1) is 0 Å². The van der Waals surface area contributed by atoms with Crippen LogP contribution >= 0.6 is 22.9 Å². The Balaban J connectivity index is 0.00000588. The van der Waals surface area contributed by atoms with Crippen molar-refractivity contribution in [2.45, 2.75) is 97.4 Å². The van der Waals surface area contributed by atoms with Gasteiger partial charge in [-0.05, 0) is 31.5 Å². The van der Waals surface area contributed by atoms with Crippen LogP contribution in [0.2, 0.25) is 5.02 Å². The summed E-state index contributed by atoms with van der Waals surface area (Å²) < 4.78 is 13.7. The van der Waals surface area contributed by atoms with Crippen LogP contribution in [-0.2, 0) is 11.3 Å². The van der Waals surface area contributed by atoms with Crippen LogP contribution in [-0.4, -0.2) is 19.1 Å². The molecule has 0 aliphatic heterocycles. The minimum atomic E-state index is -0.234. The highest BCUT2D eigenvalue weighted by Crippen LogP contribution is 2.29. The molecule has 1 N–H and O–H groups in total. The molecular weight excluding hydrogens is 620 g/mol. The zero-order chi connectivity index (χ0) is 28.4. The fraction of sp³-hybridized carbons (Fsp3) is 0.515. The van der Waals surface area contributed by atoms with E-state index in [-0.39, 0.29) is 29.5 Å². The normalized spacial score (nSPS) is 10.7. The van der Waals surface area contributed by atoms with Crippen LogP contribution in [0.15, 0.2) is 54.2 Å². The van der Waals surface area contributed by atoms with Crippen molar-refractivity contribution in [3.8, 4) is 11.5 Å². The summed E-state index contributed by atoms with van der Waals surface area (Å²) in [5.41, 5.74) is 3.89. The van der Waals surface area contributed by atoms with E-state index in [9.17, 15) is 4.79 Å². The molecule has 1 heterocycles. The Labute approximate surface area is 266 Å². The largest absolute Gasteiger partial charge is 1.00 e. The zero-order valence-corrected chi connectivity index (χ0v) is 27.8. The summed E-state index contributed by atoms with van der Waals surface area (Å²) in [4.78, 5) is 13.9. The van der Waals surface area contributed by atoms with E-state index in [2.05, 4.69) is 35.4 Å². The van der Waals surface area contributed by atoms with E-state index < -0.39 is 0 Å². The number of ether oxygens (including phenoxy) is 2. The molecule has 226 valence electrons. The summed E-state index contributed by atoms with van der Waals surface area (Å²) in [5, 5.41) is 3.40. The number of anilines is 1. The first kappa shape index (κ1) is 35.1. The highest BCUT2D eigenvalue weighted by atomic mass is 79.9. The van der Waals surface area contributed by atoms with Gasteiger partial charge in [0, 0.05) is 11.6 Å². The number of amides is 1. The van der Waals surface area contributed by atoms with Crippen molar-refractivity contribution < 1.29 is 35.8 Å². The monoisotopic (exact) mass is 664 g/mol. The minimum Gasteiger partial charge on any atom is -1.00 e. The molecule has 0 saturated heterocycles. The summed E-state index contributed by atoms with van der Waals surface area (Å²) >= 11 is 8.11. The number of rotatable bonds is 20. The molecule has 3 aromatic rings. The third kappa shape index (κ3) is 14.1. The first-order chi connectivity index (χ1) is 19.5. The van der Waals surface area contributed by atoms with Crippen molar-refractivity contribution in [3.63, 3.8) is 0 Å². The lowest BCUT2D eigenvalue weighted by molar-refractivity contribution is -0.683. The Morgan fingerprint density at radius 2 is 1.56 bits per heavy atom. The molecule has 0 fully saturated rings. The predicted octanol–water partition coefficient (Wildman–Crippen LogP) is 6.15. The Morgan fingerprint density at radius 3 is 2.20 bits per heavy atom. The Morgan fingerprint density at radius 1 is 0.902 bits per heavy atom. The molecule has 0 aliphatic rings. The van der Waals surface area contributed by atoms with Crippen molar-refractivity contribution in [2.24, 2.45) is 0 Å². The van der Waals surface area contributed by atoms with Crippen LogP contribution < -0.4 is 36.3 Å². The van der Waals surface area contributed by atoms with Gasteiger partial charge in [-0.3, -0.25) is 4.79 Å². The number of para-hydroxylation sites is 1. The second-order valence-corrected chi connectivity index (χ2v) is 12.0. The predicted molar refractivity (Wildman–Crippen MR) is 167 cm³/mol. The molecule has 0 spiro atoms. The van der Waals surface area contributed by atoms with Gasteiger partial charge in [-0.25, -0.2) is 0 Å². The number of aryl methyl sites for hydroxylation is 1. The van der Waals surface area contributed by atoms with E-state index in [0.717, 1.165) is 23.4 Å². The molecule has 3 rings (SSSR count). The molecule has 0 bridgehead atoms. The second kappa shape index (κ2) is 20.7. The number of thiazole rings is 1. The number of nitrogens with zero attached hydrogens (tertiary/aromatic N) is 1. The number of carbonyl (C=O) groups is 1. The van der Waals surface area contributed by atoms with E-state index in [1.807, 2.05) is 30.3 Å². The number of unbranched alkanes of at least 4 members (excludes halogenated alkanes) is 11. The minimum absolute atomic E-state index is 0. The highest BCUT2D eigenvalue weighted by molar-refractivity contribution is 7.09. The number of nitrogens with one attached hydrogen (secondary N) is 1. The maximum Gasteiger partial charge on any atom is 0.262 e. The molecule has 0 radical (unpaired) electrons. The summed E-state index contributed by atoms with van der Waals surface area (Å²) in [7, 11) is 0. The topological polar surface area (TPSA) is 51.4 Å². The molecule has 0 atom stereocenters. The molecular formula is C33H46BrClN2O3S. The van der Waals surface area contributed by atoms with Crippen LogP contribution in [0.3, 0.4) is 0 Å². The number of benzene rings is 2. The van der Waals surface area contributed by atoms with Crippen molar-refractivity contribution in [3.05, 3.63) is 69.6 Å². The van der Waals surface area contributed by atoms with Gasteiger partial charge in [0.05, 0.1) is 22.2 Å². The summed E-state index contributed by atoms with van der Waals surface area (Å²) in [6.45, 7) is 5.59. The molecule has 5 nitrogen and oxygen atoms in total. The van der Waals surface area contributed by atoms with Gasteiger partial charge in [0.25, 0.3) is 5.91 Å². The van der Waals surface area contributed by atoms with Gasteiger partial charge < -0.3 is 31.8 Å². The fourth-order valence-corrected chi connectivity index (χ4v) is 5.51. The lowest BCUT2D eigenvalue weighted by atomic mass is 10.1. The first-order valence-corrected chi connectivity index (χ1v) is 16.2. The third-order valence-corrected chi connectivity index (χ3v) is 8.04. The van der Waals surface area contributed by atoms with Crippen LogP contribution in [0.5, 0.6) is 11.5 Å². The highest BCUT2D eigenvalue weighted by Gasteiger charge is 2.13. The SMILES string of the molecule is CCCCCCCCCCCCCCOc1ccc(OCC(=O)Nc2ccccc2C[n+]2csc(C)c2)c(Cl)c1.[Br-]. The number of aromatic nitrogens is 1. The molecule has 0 unspecified atom stereocenters. The van der Waals surface area contributed by atoms with Gasteiger partial charge in [0.1, 0.15) is 11.5 Å². The maximum absolute atomic E-state index is 12.6. The summed E-state index contributed by atoms with van der Waals surface area (Å²) in [6, 6.07) is 13.2. The molecule has 8 heteroatoms. The summed E-state index contributed by atoms with van der Waals surface area (Å²) in [5.74, 6) is 0.953. The fourth-order valence-electron chi connectivity index (χ4n) is 4.66. The van der Waals surface area contributed by atoms with E-state index >= 15 is 0 Å². The van der Waals surface area contributed by atoms with Crippen molar-refractivity contribution in [2.75, 3.05) is 18.5 Å². The van der Waals surface area contributed by atoms with Gasteiger partial charge in [-0.1, -0.05) is 119 Å². The average Bonchev–Trinajstić information content (AvgIpc) is 3.36. The molecule has 2 aromatic carbocycles. The molecule has 1 amide bonds. The first-order valence-electron chi connectivity index (χ1n) is 14.9. The van der Waals surface area contributed by atoms with Gasteiger partial charge in [-0.2, -0.15) is 4.57 Å². The number of hydrogen-bond acceptors (Lipinski definition) is 4. The Kier molecular flexibility index (Phi) is 17.8. The van der Waals surface area contributed by atoms with Crippen LogP contribution in [0.1, 0.15) is 94.4 Å². The maximum atomic E-state index is 12.6. The van der Waals surface area contributed by atoms with Crippen LogP contribution in [0.4, 0.5) is 5.69 Å². The van der Waals surface area contributed by atoms with E-state index in [1.54, 1.807) is 23.5 Å². The Hall–Kier alpha value is -2.09. The zero-order valence-electron chi connectivity index (χ0n) is 24.6. The standard InChI is InChI=1S/C33H45ClN2O3S.BrH/c1-3-4-5-6-7-8-9-10-11-12-13-16-21-38-29-19-20-32(30(34)22-29)39-25-33(37)35-31-18-15-14-17-28(31)24-36-23-27(2)40-26-36;/h14-15,17-20,22-23,26H,3-13,16,21,24-25H2,1-2H3;1H. The van der Waals surface area contributed by atoms with Crippen LogP contribution in [0.25, 0.3) is 0 Å². The lowest BCUT2D eigenvalue weighted by Gasteiger charge is -2.12. The molecule has 0 aliphatic carbocycles. The van der Waals surface area contributed by atoms with E-state index in [4.69, 9.17) is 21.1 Å². The third-order valence-electron chi connectivity index (χ3n) is 6.89. The van der Waals surface area contributed by atoms with E-state index in [1.165, 1.54) is 75.5 Å². The average molecular weight is 666 g/mol. The molecule has 41 heavy (non-hydrogen) atoms. The quantitative estimate of drug-likeness (QED) is 0.116. The van der Waals surface area contributed by atoms with Crippen molar-refractivity contribution >= 4 is 34.5 Å². The van der Waals surface area contributed by atoms with Gasteiger partial charge in [0.2, 0.25) is 5.51 Å². The van der Waals surface area contributed by atoms with Crippen molar-refractivity contribution in [1.82, 2.24) is 0 Å².